The maximum absolute atomic E-state index is 12.3. The fourth-order valence-corrected chi connectivity index (χ4v) is 2.33. The molecule has 3 nitrogen and oxygen atoms in total. The van der Waals surface area contributed by atoms with Gasteiger partial charge in [-0.25, -0.2) is 0 Å². The summed E-state index contributed by atoms with van der Waals surface area (Å²) in [4.78, 5) is 14.1. The van der Waals surface area contributed by atoms with E-state index in [9.17, 15) is 4.79 Å². The summed E-state index contributed by atoms with van der Waals surface area (Å²) >= 11 is 0. The number of para-hydroxylation sites is 2. The number of rotatable bonds is 4. The topological polar surface area (TPSA) is 46.3 Å². The number of aryl methyl sites for hydroxylation is 2. The number of nitrogens with two attached hydrogens (primary N) is 1. The van der Waals surface area contributed by atoms with Crippen LogP contribution in [0.15, 0.2) is 48.5 Å². The molecule has 20 heavy (non-hydrogen) atoms. The van der Waals surface area contributed by atoms with Crippen molar-refractivity contribution in [1.82, 2.24) is 0 Å². The summed E-state index contributed by atoms with van der Waals surface area (Å²) in [5.41, 5.74) is 9.60. The second-order valence-corrected chi connectivity index (χ2v) is 4.70. The van der Waals surface area contributed by atoms with Crippen LogP contribution in [0.1, 0.15) is 18.1 Å². The van der Waals surface area contributed by atoms with Gasteiger partial charge in [-0.2, -0.15) is 0 Å². The molecule has 0 saturated heterocycles. The molecule has 0 unspecified atom stereocenters. The lowest BCUT2D eigenvalue weighted by Gasteiger charge is -2.26. The largest absolute Gasteiger partial charge is 0.322 e. The maximum atomic E-state index is 12.3. The van der Waals surface area contributed by atoms with Crippen molar-refractivity contribution in [3.8, 4) is 0 Å². The smallest absolute Gasteiger partial charge is 0.245 e. The molecule has 104 valence electrons. The molecule has 0 heterocycles. The molecule has 0 atom stereocenters. The monoisotopic (exact) mass is 268 g/mol. The molecule has 0 aliphatic rings. The highest BCUT2D eigenvalue weighted by Gasteiger charge is 2.20. The van der Waals surface area contributed by atoms with Crippen LogP contribution < -0.4 is 10.6 Å². The van der Waals surface area contributed by atoms with Gasteiger partial charge >= 0.3 is 0 Å². The highest BCUT2D eigenvalue weighted by Crippen LogP contribution is 2.31. The first-order valence-electron chi connectivity index (χ1n) is 6.85. The van der Waals surface area contributed by atoms with Crippen molar-refractivity contribution in [1.29, 1.82) is 0 Å². The normalized spacial score (nSPS) is 10.3. The second kappa shape index (κ2) is 6.35. The van der Waals surface area contributed by atoms with Crippen LogP contribution in [-0.4, -0.2) is 12.5 Å². The van der Waals surface area contributed by atoms with E-state index in [1.165, 1.54) is 0 Å². The molecule has 0 radical (unpaired) electrons. The Kier molecular flexibility index (Phi) is 4.53. The number of hydrogen-bond donors (Lipinski definition) is 1. The number of hydrogen-bond acceptors (Lipinski definition) is 2. The number of nitrogens with zero attached hydrogens (tertiary/aromatic N) is 1. The first-order chi connectivity index (χ1) is 9.69. The molecular weight excluding hydrogens is 248 g/mol. The molecule has 0 saturated carbocycles. The zero-order valence-electron chi connectivity index (χ0n) is 12.0. The van der Waals surface area contributed by atoms with E-state index in [1.807, 2.05) is 55.5 Å². The SMILES string of the molecule is CCc1ccccc1N(C(=O)CN)c1ccccc1C. The summed E-state index contributed by atoms with van der Waals surface area (Å²) < 4.78 is 0. The van der Waals surface area contributed by atoms with E-state index in [0.717, 1.165) is 28.9 Å². The van der Waals surface area contributed by atoms with Gasteiger partial charge in [0, 0.05) is 0 Å². The molecule has 0 bridgehead atoms. The average molecular weight is 268 g/mol. The molecule has 0 spiro atoms. The van der Waals surface area contributed by atoms with Gasteiger partial charge in [0.1, 0.15) is 0 Å². The molecule has 2 N–H and O–H groups in total. The lowest BCUT2D eigenvalue weighted by Crippen LogP contribution is -2.33. The van der Waals surface area contributed by atoms with Crippen LogP contribution in [0.3, 0.4) is 0 Å². The predicted octanol–water partition coefficient (Wildman–Crippen LogP) is 3.18. The van der Waals surface area contributed by atoms with Crippen LogP contribution in [0.4, 0.5) is 11.4 Å². The lowest BCUT2D eigenvalue weighted by molar-refractivity contribution is -0.116. The molecule has 1 amide bonds. The zero-order valence-corrected chi connectivity index (χ0v) is 12.0. The molecule has 0 aliphatic heterocycles. The third kappa shape index (κ3) is 2.73. The summed E-state index contributed by atoms with van der Waals surface area (Å²) in [5, 5.41) is 0. The lowest BCUT2D eigenvalue weighted by atomic mass is 10.1. The Hall–Kier alpha value is -2.13. The van der Waals surface area contributed by atoms with E-state index in [1.54, 1.807) is 4.90 Å². The van der Waals surface area contributed by atoms with Crippen LogP contribution in [0.2, 0.25) is 0 Å². The number of benzene rings is 2. The summed E-state index contributed by atoms with van der Waals surface area (Å²) in [7, 11) is 0. The van der Waals surface area contributed by atoms with Crippen molar-refractivity contribution >= 4 is 17.3 Å². The van der Waals surface area contributed by atoms with Crippen molar-refractivity contribution in [2.24, 2.45) is 5.73 Å². The minimum Gasteiger partial charge on any atom is -0.322 e. The first kappa shape index (κ1) is 14.3. The van der Waals surface area contributed by atoms with Crippen molar-refractivity contribution < 1.29 is 4.79 Å². The van der Waals surface area contributed by atoms with Gasteiger partial charge in [0.05, 0.1) is 17.9 Å². The van der Waals surface area contributed by atoms with E-state index in [-0.39, 0.29) is 12.5 Å². The Morgan fingerprint density at radius 3 is 2.25 bits per heavy atom. The van der Waals surface area contributed by atoms with Gasteiger partial charge in [-0.3, -0.25) is 9.69 Å². The van der Waals surface area contributed by atoms with Gasteiger partial charge in [-0.05, 0) is 36.6 Å². The Morgan fingerprint density at radius 1 is 1.05 bits per heavy atom. The van der Waals surface area contributed by atoms with E-state index in [4.69, 9.17) is 5.73 Å². The third-order valence-corrected chi connectivity index (χ3v) is 3.39. The van der Waals surface area contributed by atoms with Crippen LogP contribution in [0.5, 0.6) is 0 Å². The summed E-state index contributed by atoms with van der Waals surface area (Å²) in [6, 6.07) is 15.8. The molecule has 0 aliphatic carbocycles. The highest BCUT2D eigenvalue weighted by molar-refractivity contribution is 6.02. The Balaban J connectivity index is 2.60. The van der Waals surface area contributed by atoms with E-state index >= 15 is 0 Å². The summed E-state index contributed by atoms with van der Waals surface area (Å²) in [5.74, 6) is -0.0970. The number of amides is 1. The minimum absolute atomic E-state index is 0.00756. The Labute approximate surface area is 120 Å². The summed E-state index contributed by atoms with van der Waals surface area (Å²) in [6.45, 7) is 4.08. The zero-order chi connectivity index (χ0) is 14.5. The third-order valence-electron chi connectivity index (χ3n) is 3.39. The minimum atomic E-state index is -0.0970. The fourth-order valence-electron chi connectivity index (χ4n) is 2.33. The number of anilines is 2. The van der Waals surface area contributed by atoms with Crippen molar-refractivity contribution in [2.45, 2.75) is 20.3 Å². The van der Waals surface area contributed by atoms with Gasteiger partial charge in [0.2, 0.25) is 5.91 Å². The van der Waals surface area contributed by atoms with Gasteiger partial charge < -0.3 is 5.73 Å². The fraction of sp³-hybridized carbons (Fsp3) is 0.235. The van der Waals surface area contributed by atoms with Crippen molar-refractivity contribution in [3.63, 3.8) is 0 Å². The highest BCUT2D eigenvalue weighted by atomic mass is 16.2. The second-order valence-electron chi connectivity index (χ2n) is 4.70. The van der Waals surface area contributed by atoms with Crippen LogP contribution in [0.25, 0.3) is 0 Å². The van der Waals surface area contributed by atoms with Gasteiger partial charge in [0.25, 0.3) is 0 Å². The Morgan fingerprint density at radius 2 is 1.65 bits per heavy atom. The maximum Gasteiger partial charge on any atom is 0.245 e. The van der Waals surface area contributed by atoms with Crippen molar-refractivity contribution in [2.75, 3.05) is 11.4 Å². The average Bonchev–Trinajstić information content (AvgIpc) is 2.49. The van der Waals surface area contributed by atoms with Gasteiger partial charge in [-0.15, -0.1) is 0 Å². The Bertz CT molecular complexity index is 607. The molecule has 2 aromatic carbocycles. The molecule has 0 aromatic heterocycles. The number of carbonyl (C=O) groups excluding carboxylic acids is 1. The van der Waals surface area contributed by atoms with E-state index in [2.05, 4.69) is 6.92 Å². The van der Waals surface area contributed by atoms with E-state index < -0.39 is 0 Å². The van der Waals surface area contributed by atoms with E-state index in [0.29, 0.717) is 0 Å². The molecule has 2 aromatic rings. The molecule has 0 fully saturated rings. The van der Waals surface area contributed by atoms with Gasteiger partial charge in [0.15, 0.2) is 0 Å². The molecular formula is C17H20N2O. The molecule has 3 heteroatoms. The first-order valence-corrected chi connectivity index (χ1v) is 6.85. The predicted molar refractivity (Wildman–Crippen MR) is 83.2 cm³/mol. The molecule has 2 rings (SSSR count). The quantitative estimate of drug-likeness (QED) is 0.925. The van der Waals surface area contributed by atoms with Crippen LogP contribution in [-0.2, 0) is 11.2 Å². The van der Waals surface area contributed by atoms with Crippen LogP contribution >= 0.6 is 0 Å². The standard InChI is InChI=1S/C17H20N2O/c1-3-14-9-5-7-11-16(14)19(17(20)12-18)15-10-6-4-8-13(15)2/h4-11H,3,12,18H2,1-2H3. The number of carbonyl (C=O) groups is 1. The van der Waals surface area contributed by atoms with Crippen LogP contribution in [0, 0.1) is 6.92 Å². The summed E-state index contributed by atoms with van der Waals surface area (Å²) in [6.07, 6.45) is 0.871. The van der Waals surface area contributed by atoms with Crippen molar-refractivity contribution in [3.05, 3.63) is 59.7 Å². The van der Waals surface area contributed by atoms with Gasteiger partial charge in [-0.1, -0.05) is 43.3 Å².